The molecule has 0 N–H and O–H groups in total. The zero-order chi connectivity index (χ0) is 9.54. The van der Waals surface area contributed by atoms with Crippen molar-refractivity contribution in [3.8, 4) is 5.75 Å². The largest absolute Gasteiger partial charge is 0.424 e. The van der Waals surface area contributed by atoms with Crippen LogP contribution in [-0.4, -0.2) is 7.11 Å². The standard InChI is InChI=1S/C11H10NO2/c1-13-11-12-7-3-5-8-4-2-6-9(14-11)10(8)12/h2-7,11H,1H3/q+1/t11-/m1/s1. The predicted octanol–water partition coefficient (Wildman–Crippen LogP) is 1.62. The SMILES string of the molecule is CO[C@@H]1Oc2cccc3ccc[n+]1c23. The third-order valence-electron chi connectivity index (χ3n) is 2.47. The average Bonchev–Trinajstić information content (AvgIpc) is 2.60. The van der Waals surface area contributed by atoms with Crippen LogP contribution < -0.4 is 9.30 Å². The first-order valence-corrected chi connectivity index (χ1v) is 4.52. The Morgan fingerprint density at radius 1 is 1.29 bits per heavy atom. The molecule has 1 aromatic carbocycles. The van der Waals surface area contributed by atoms with E-state index in [1.54, 1.807) is 7.11 Å². The second-order valence-electron chi connectivity index (χ2n) is 3.27. The molecule has 2 heterocycles. The Kier molecular flexibility index (Phi) is 1.49. The predicted molar refractivity (Wildman–Crippen MR) is 50.8 cm³/mol. The Hall–Kier alpha value is -1.61. The summed E-state index contributed by atoms with van der Waals surface area (Å²) in [5, 5.41) is 1.17. The molecule has 2 aromatic rings. The molecule has 0 bridgehead atoms. The third-order valence-corrected chi connectivity index (χ3v) is 2.47. The molecule has 0 fully saturated rings. The zero-order valence-electron chi connectivity index (χ0n) is 7.81. The van der Waals surface area contributed by atoms with Gasteiger partial charge < -0.3 is 4.74 Å². The first-order valence-electron chi connectivity index (χ1n) is 4.52. The molecule has 1 atom stereocenters. The van der Waals surface area contributed by atoms with E-state index in [0.29, 0.717) is 0 Å². The number of nitrogens with zero attached hydrogens (tertiary/aromatic N) is 1. The van der Waals surface area contributed by atoms with E-state index in [9.17, 15) is 0 Å². The molecule has 1 aliphatic heterocycles. The molecule has 14 heavy (non-hydrogen) atoms. The van der Waals surface area contributed by atoms with Crippen LogP contribution in [0.15, 0.2) is 36.5 Å². The smallest absolute Gasteiger partial charge is 0.404 e. The molecule has 0 saturated heterocycles. The van der Waals surface area contributed by atoms with Crippen molar-refractivity contribution in [1.82, 2.24) is 0 Å². The lowest BCUT2D eigenvalue weighted by atomic mass is 10.2. The zero-order valence-corrected chi connectivity index (χ0v) is 7.81. The summed E-state index contributed by atoms with van der Waals surface area (Å²) in [6.45, 7) is 0. The highest BCUT2D eigenvalue weighted by Gasteiger charge is 2.32. The number of methoxy groups -OCH3 is 1. The van der Waals surface area contributed by atoms with Crippen LogP contribution in [0.1, 0.15) is 6.41 Å². The number of pyridine rings is 1. The second-order valence-corrected chi connectivity index (χ2v) is 3.27. The summed E-state index contributed by atoms with van der Waals surface area (Å²) in [6.07, 6.45) is 1.64. The van der Waals surface area contributed by atoms with Gasteiger partial charge in [-0.05, 0) is 18.2 Å². The number of para-hydroxylation sites is 1. The van der Waals surface area contributed by atoms with Crippen LogP contribution in [0.5, 0.6) is 5.75 Å². The van der Waals surface area contributed by atoms with Gasteiger partial charge in [0.15, 0.2) is 6.20 Å². The van der Waals surface area contributed by atoms with Crippen LogP contribution >= 0.6 is 0 Å². The van der Waals surface area contributed by atoms with E-state index in [-0.39, 0.29) is 6.41 Å². The van der Waals surface area contributed by atoms with Gasteiger partial charge in [0.25, 0.3) is 5.52 Å². The number of hydrogen-bond donors (Lipinski definition) is 0. The average molecular weight is 188 g/mol. The van der Waals surface area contributed by atoms with Crippen molar-refractivity contribution in [3.63, 3.8) is 0 Å². The van der Waals surface area contributed by atoms with E-state index in [4.69, 9.17) is 9.47 Å². The number of benzene rings is 1. The van der Waals surface area contributed by atoms with E-state index in [1.165, 1.54) is 5.39 Å². The lowest BCUT2D eigenvalue weighted by molar-refractivity contribution is -0.762. The Morgan fingerprint density at radius 3 is 3.00 bits per heavy atom. The van der Waals surface area contributed by atoms with E-state index < -0.39 is 0 Å². The van der Waals surface area contributed by atoms with Crippen molar-refractivity contribution in [1.29, 1.82) is 0 Å². The van der Waals surface area contributed by atoms with Crippen molar-refractivity contribution in [2.24, 2.45) is 0 Å². The fourth-order valence-corrected chi connectivity index (χ4v) is 1.86. The van der Waals surface area contributed by atoms with E-state index in [2.05, 4.69) is 12.1 Å². The van der Waals surface area contributed by atoms with E-state index in [0.717, 1.165) is 11.3 Å². The molecule has 1 aromatic heterocycles. The highest BCUT2D eigenvalue weighted by atomic mass is 16.7. The maximum absolute atomic E-state index is 5.61. The van der Waals surface area contributed by atoms with Crippen LogP contribution in [0.3, 0.4) is 0 Å². The first-order chi connectivity index (χ1) is 6.90. The minimum atomic E-state index is -0.323. The molecule has 70 valence electrons. The summed E-state index contributed by atoms with van der Waals surface area (Å²) < 4.78 is 12.8. The number of aromatic nitrogens is 1. The maximum atomic E-state index is 5.61. The Morgan fingerprint density at radius 2 is 2.14 bits per heavy atom. The number of rotatable bonds is 1. The Labute approximate surface area is 81.5 Å². The number of hydrogen-bond acceptors (Lipinski definition) is 2. The minimum Gasteiger partial charge on any atom is -0.404 e. The Balaban J connectivity index is 2.38. The maximum Gasteiger partial charge on any atom is 0.424 e. The monoisotopic (exact) mass is 188 g/mol. The van der Waals surface area contributed by atoms with Crippen molar-refractivity contribution >= 4 is 10.9 Å². The molecule has 0 saturated carbocycles. The molecule has 0 amide bonds. The topological polar surface area (TPSA) is 22.3 Å². The highest BCUT2D eigenvalue weighted by Crippen LogP contribution is 2.29. The van der Waals surface area contributed by atoms with Crippen LogP contribution in [-0.2, 0) is 4.74 Å². The van der Waals surface area contributed by atoms with Crippen LogP contribution in [0, 0.1) is 0 Å². The quantitative estimate of drug-likeness (QED) is 0.634. The van der Waals surface area contributed by atoms with Gasteiger partial charge in [0.2, 0.25) is 5.75 Å². The van der Waals surface area contributed by atoms with Crippen molar-refractivity contribution < 1.29 is 14.0 Å². The van der Waals surface area contributed by atoms with Gasteiger partial charge in [-0.2, -0.15) is 0 Å². The fourth-order valence-electron chi connectivity index (χ4n) is 1.86. The Bertz CT molecular complexity index is 490. The lowest BCUT2D eigenvalue weighted by Gasteiger charge is -2.01. The molecular weight excluding hydrogens is 178 g/mol. The molecule has 1 aliphatic rings. The van der Waals surface area contributed by atoms with Gasteiger partial charge in [0.1, 0.15) is 0 Å². The normalized spacial score (nSPS) is 18.5. The lowest BCUT2D eigenvalue weighted by Crippen LogP contribution is -2.39. The fraction of sp³-hybridized carbons (Fsp3) is 0.182. The van der Waals surface area contributed by atoms with Crippen molar-refractivity contribution in [2.75, 3.05) is 7.11 Å². The van der Waals surface area contributed by atoms with Gasteiger partial charge in [-0.15, -0.1) is 4.57 Å². The van der Waals surface area contributed by atoms with Gasteiger partial charge in [-0.1, -0.05) is 6.07 Å². The van der Waals surface area contributed by atoms with Gasteiger partial charge in [0.05, 0.1) is 5.39 Å². The summed E-state index contributed by atoms with van der Waals surface area (Å²) in [5.74, 6) is 0.884. The van der Waals surface area contributed by atoms with Crippen LogP contribution in [0.2, 0.25) is 0 Å². The van der Waals surface area contributed by atoms with Crippen LogP contribution in [0.25, 0.3) is 10.9 Å². The van der Waals surface area contributed by atoms with Gasteiger partial charge in [0, 0.05) is 13.2 Å². The van der Waals surface area contributed by atoms with Crippen LogP contribution in [0.4, 0.5) is 0 Å². The molecule has 0 unspecified atom stereocenters. The molecule has 3 rings (SSSR count). The molecule has 0 aliphatic carbocycles. The summed E-state index contributed by atoms with van der Waals surface area (Å²) in [6, 6.07) is 10.1. The highest BCUT2D eigenvalue weighted by molar-refractivity contribution is 5.81. The third kappa shape index (κ3) is 0.873. The van der Waals surface area contributed by atoms with Gasteiger partial charge in [-0.3, -0.25) is 4.74 Å². The summed E-state index contributed by atoms with van der Waals surface area (Å²) in [7, 11) is 1.64. The summed E-state index contributed by atoms with van der Waals surface area (Å²) >= 11 is 0. The summed E-state index contributed by atoms with van der Waals surface area (Å²) in [5.41, 5.74) is 1.10. The van der Waals surface area contributed by atoms with Crippen molar-refractivity contribution in [2.45, 2.75) is 6.41 Å². The van der Waals surface area contributed by atoms with Gasteiger partial charge in [-0.25, -0.2) is 0 Å². The molecule has 3 nitrogen and oxygen atoms in total. The minimum absolute atomic E-state index is 0.323. The molecule has 0 radical (unpaired) electrons. The van der Waals surface area contributed by atoms with E-state index in [1.807, 2.05) is 29.0 Å². The molecule has 3 heteroatoms. The number of ether oxygens (including phenoxy) is 2. The molecule has 0 spiro atoms. The first kappa shape index (κ1) is 7.76. The summed E-state index contributed by atoms with van der Waals surface area (Å²) in [4.78, 5) is 0. The second kappa shape index (κ2) is 2.69. The van der Waals surface area contributed by atoms with Gasteiger partial charge >= 0.3 is 6.41 Å². The van der Waals surface area contributed by atoms with E-state index >= 15 is 0 Å². The van der Waals surface area contributed by atoms with Crippen molar-refractivity contribution in [3.05, 3.63) is 36.5 Å². The molecular formula is C11H10NO2+.